The molecule has 0 unspecified atom stereocenters. The average molecular weight is 408 g/mol. The van der Waals surface area contributed by atoms with Gasteiger partial charge in [-0.15, -0.1) is 11.3 Å². The van der Waals surface area contributed by atoms with E-state index in [1.54, 1.807) is 41.1 Å². The topological polar surface area (TPSA) is 84.7 Å². The van der Waals surface area contributed by atoms with Gasteiger partial charge in [0.1, 0.15) is 11.5 Å². The van der Waals surface area contributed by atoms with Crippen molar-refractivity contribution in [2.45, 2.75) is 19.9 Å². The summed E-state index contributed by atoms with van der Waals surface area (Å²) < 4.78 is 0. The first-order valence-electron chi connectivity index (χ1n) is 9.44. The Morgan fingerprint density at radius 1 is 1.28 bits per heavy atom. The fraction of sp³-hybridized carbons (Fsp3) is 0.333. The van der Waals surface area contributed by atoms with Crippen molar-refractivity contribution in [1.29, 1.82) is 5.26 Å². The molecule has 2 aliphatic rings. The summed E-state index contributed by atoms with van der Waals surface area (Å²) in [5, 5.41) is 9.77. The van der Waals surface area contributed by atoms with Gasteiger partial charge in [0, 0.05) is 30.6 Å². The lowest BCUT2D eigenvalue weighted by Gasteiger charge is -2.27. The van der Waals surface area contributed by atoms with Crippen LogP contribution in [-0.4, -0.2) is 54.2 Å². The largest absolute Gasteiger partial charge is 0.333 e. The molecule has 4 rings (SSSR count). The molecular weight excluding hydrogens is 388 g/mol. The molecule has 0 fully saturated rings. The SMILES string of the molecule is CCN1C(=O)CN(C)C(=O)c2c1sc1c2CCN(C(=O)c2cccc(C#N)c2)C1. The number of rotatable bonds is 2. The first-order valence-corrected chi connectivity index (χ1v) is 10.3. The molecule has 0 atom stereocenters. The maximum Gasteiger partial charge on any atom is 0.257 e. The maximum atomic E-state index is 12.9. The third kappa shape index (κ3) is 3.17. The second kappa shape index (κ2) is 7.33. The van der Waals surface area contributed by atoms with Crippen LogP contribution < -0.4 is 4.90 Å². The van der Waals surface area contributed by atoms with E-state index in [2.05, 4.69) is 6.07 Å². The number of carbonyl (C=O) groups is 3. The van der Waals surface area contributed by atoms with Crippen molar-refractivity contribution in [3.63, 3.8) is 0 Å². The van der Waals surface area contributed by atoms with Gasteiger partial charge in [0.15, 0.2) is 0 Å². The van der Waals surface area contributed by atoms with Crippen molar-refractivity contribution < 1.29 is 14.4 Å². The number of fused-ring (bicyclic) bond motifs is 3. The zero-order valence-corrected chi connectivity index (χ0v) is 17.1. The Bertz CT molecular complexity index is 1070. The van der Waals surface area contributed by atoms with Crippen LogP contribution in [0.1, 0.15) is 43.6 Å². The van der Waals surface area contributed by atoms with Gasteiger partial charge in [-0.25, -0.2) is 0 Å². The minimum atomic E-state index is -0.136. The highest BCUT2D eigenvalue weighted by Crippen LogP contribution is 2.41. The Hall–Kier alpha value is -3.18. The van der Waals surface area contributed by atoms with Gasteiger partial charge in [-0.1, -0.05) is 6.07 Å². The van der Waals surface area contributed by atoms with E-state index in [-0.39, 0.29) is 24.3 Å². The third-order valence-electron chi connectivity index (χ3n) is 5.36. The van der Waals surface area contributed by atoms with E-state index < -0.39 is 0 Å². The molecule has 8 heteroatoms. The predicted octanol–water partition coefficient (Wildman–Crippen LogP) is 2.26. The molecule has 7 nitrogen and oxygen atoms in total. The summed E-state index contributed by atoms with van der Waals surface area (Å²) in [6.07, 6.45) is 0.566. The van der Waals surface area contributed by atoms with Crippen molar-refractivity contribution in [3.8, 4) is 6.07 Å². The summed E-state index contributed by atoms with van der Waals surface area (Å²) in [5.74, 6) is -0.367. The summed E-state index contributed by atoms with van der Waals surface area (Å²) >= 11 is 1.43. The van der Waals surface area contributed by atoms with Gasteiger partial charge in [0.05, 0.1) is 23.7 Å². The number of amides is 3. The fourth-order valence-electron chi connectivity index (χ4n) is 3.86. The average Bonchev–Trinajstić information content (AvgIpc) is 3.07. The first-order chi connectivity index (χ1) is 13.9. The number of hydrogen-bond donors (Lipinski definition) is 0. The molecule has 1 aromatic heterocycles. The Balaban J connectivity index is 1.69. The summed E-state index contributed by atoms with van der Waals surface area (Å²) in [7, 11) is 1.65. The number of benzene rings is 1. The Kier molecular flexibility index (Phi) is 4.84. The molecule has 0 aliphatic carbocycles. The number of nitrogens with zero attached hydrogens (tertiary/aromatic N) is 4. The van der Waals surface area contributed by atoms with Crippen LogP contribution in [0.15, 0.2) is 24.3 Å². The van der Waals surface area contributed by atoms with E-state index in [0.29, 0.717) is 47.7 Å². The summed E-state index contributed by atoms with van der Waals surface area (Å²) in [6.45, 7) is 3.35. The molecule has 1 aromatic carbocycles. The quantitative estimate of drug-likeness (QED) is 0.763. The lowest BCUT2D eigenvalue weighted by Crippen LogP contribution is -2.38. The number of hydrogen-bond acceptors (Lipinski definition) is 5. The van der Waals surface area contributed by atoms with Crippen molar-refractivity contribution in [2.24, 2.45) is 0 Å². The predicted molar refractivity (Wildman–Crippen MR) is 109 cm³/mol. The van der Waals surface area contributed by atoms with E-state index in [1.807, 2.05) is 6.92 Å². The van der Waals surface area contributed by atoms with E-state index >= 15 is 0 Å². The third-order valence-corrected chi connectivity index (χ3v) is 6.60. The molecule has 2 aromatic rings. The second-order valence-corrected chi connectivity index (χ2v) is 8.24. The molecule has 3 amide bonds. The normalized spacial score (nSPS) is 16.2. The Morgan fingerprint density at radius 2 is 2.07 bits per heavy atom. The summed E-state index contributed by atoms with van der Waals surface area (Å²) in [5.41, 5.74) is 2.48. The standard InChI is InChI=1S/C21H20N4O3S/c1-3-25-17(26)12-23(2)20(28)18-15-7-8-24(11-16(15)29-21(18)25)19(27)14-6-4-5-13(9-14)10-22/h4-6,9H,3,7-8,11-12H2,1-2H3. The van der Waals surface area contributed by atoms with Crippen molar-refractivity contribution >= 4 is 34.1 Å². The molecule has 0 saturated carbocycles. The molecule has 2 aliphatic heterocycles. The van der Waals surface area contributed by atoms with Crippen LogP contribution in [0.4, 0.5) is 5.00 Å². The van der Waals surface area contributed by atoms with Crippen LogP contribution in [-0.2, 0) is 17.8 Å². The lowest BCUT2D eigenvalue weighted by molar-refractivity contribution is -0.118. The van der Waals surface area contributed by atoms with E-state index in [9.17, 15) is 14.4 Å². The molecule has 3 heterocycles. The van der Waals surface area contributed by atoms with Crippen LogP contribution in [0.2, 0.25) is 0 Å². The highest BCUT2D eigenvalue weighted by atomic mass is 32.1. The fourth-order valence-corrected chi connectivity index (χ4v) is 5.30. The van der Waals surface area contributed by atoms with Gasteiger partial charge in [-0.2, -0.15) is 5.26 Å². The van der Waals surface area contributed by atoms with Gasteiger partial charge in [-0.05, 0) is 37.1 Å². The van der Waals surface area contributed by atoms with Crippen molar-refractivity contribution in [1.82, 2.24) is 9.80 Å². The van der Waals surface area contributed by atoms with Gasteiger partial charge in [-0.3, -0.25) is 14.4 Å². The molecule has 0 N–H and O–H groups in total. The van der Waals surface area contributed by atoms with E-state index in [4.69, 9.17) is 5.26 Å². The van der Waals surface area contributed by atoms with Crippen LogP contribution >= 0.6 is 11.3 Å². The molecule has 0 saturated heterocycles. The highest BCUT2D eigenvalue weighted by molar-refractivity contribution is 7.17. The minimum Gasteiger partial charge on any atom is -0.333 e. The highest BCUT2D eigenvalue weighted by Gasteiger charge is 2.37. The van der Waals surface area contributed by atoms with Crippen LogP contribution in [0, 0.1) is 11.3 Å². The lowest BCUT2D eigenvalue weighted by atomic mass is 10.0. The Morgan fingerprint density at radius 3 is 2.79 bits per heavy atom. The van der Waals surface area contributed by atoms with Crippen LogP contribution in [0.3, 0.4) is 0 Å². The summed E-state index contributed by atoms with van der Waals surface area (Å²) in [6, 6.07) is 8.73. The molecule has 0 radical (unpaired) electrons. The number of thiophene rings is 1. The monoisotopic (exact) mass is 408 g/mol. The number of anilines is 1. The molecule has 29 heavy (non-hydrogen) atoms. The number of carbonyl (C=O) groups excluding carboxylic acids is 3. The van der Waals surface area contributed by atoms with Gasteiger partial charge >= 0.3 is 0 Å². The summed E-state index contributed by atoms with van der Waals surface area (Å²) in [4.78, 5) is 44.2. The maximum absolute atomic E-state index is 12.9. The smallest absolute Gasteiger partial charge is 0.257 e. The van der Waals surface area contributed by atoms with Crippen molar-refractivity contribution in [3.05, 3.63) is 51.4 Å². The van der Waals surface area contributed by atoms with Gasteiger partial charge < -0.3 is 14.7 Å². The number of nitriles is 1. The van der Waals surface area contributed by atoms with Crippen LogP contribution in [0.25, 0.3) is 0 Å². The van der Waals surface area contributed by atoms with Gasteiger partial charge in [0.2, 0.25) is 5.91 Å². The van der Waals surface area contributed by atoms with Crippen LogP contribution in [0.5, 0.6) is 0 Å². The van der Waals surface area contributed by atoms with Crippen molar-refractivity contribution in [2.75, 3.05) is 31.6 Å². The zero-order valence-electron chi connectivity index (χ0n) is 16.3. The zero-order chi connectivity index (χ0) is 20.7. The second-order valence-electron chi connectivity index (χ2n) is 7.15. The van der Waals surface area contributed by atoms with E-state index in [0.717, 1.165) is 10.4 Å². The molecule has 0 bridgehead atoms. The minimum absolute atomic E-state index is 0.0721. The van der Waals surface area contributed by atoms with Gasteiger partial charge in [0.25, 0.3) is 11.8 Å². The molecule has 0 spiro atoms. The first kappa shape index (κ1) is 19.2. The molecule has 148 valence electrons. The van der Waals surface area contributed by atoms with E-state index in [1.165, 1.54) is 16.2 Å². The Labute approximate surface area is 172 Å². The number of likely N-dealkylation sites (N-methyl/N-ethyl adjacent to an activating group) is 2. The molecular formula is C21H20N4O3S.